The van der Waals surface area contributed by atoms with Crippen molar-refractivity contribution in [1.82, 2.24) is 15.0 Å². The zero-order valence-corrected chi connectivity index (χ0v) is 17.5. The van der Waals surface area contributed by atoms with E-state index in [4.69, 9.17) is 16.1 Å². The van der Waals surface area contributed by atoms with Gasteiger partial charge in [-0.2, -0.15) is 4.98 Å². The van der Waals surface area contributed by atoms with E-state index in [9.17, 15) is 9.18 Å². The Morgan fingerprint density at radius 2 is 1.84 bits per heavy atom. The summed E-state index contributed by atoms with van der Waals surface area (Å²) < 4.78 is 19.3. The Morgan fingerprint density at radius 3 is 2.52 bits per heavy atom. The van der Waals surface area contributed by atoms with Gasteiger partial charge in [-0.1, -0.05) is 22.8 Å². The van der Waals surface area contributed by atoms with E-state index in [1.165, 1.54) is 12.1 Å². The fraction of sp³-hybridized carbons (Fsp3) is 0.318. The molecule has 2 fully saturated rings. The normalized spacial score (nSPS) is 16.5. The summed E-state index contributed by atoms with van der Waals surface area (Å²) in [5.41, 5.74) is 1.99. The van der Waals surface area contributed by atoms with Gasteiger partial charge in [-0.3, -0.25) is 0 Å². The van der Waals surface area contributed by atoms with Crippen LogP contribution in [-0.2, 0) is 0 Å². The SMILES string of the molecule is O=C(Nc1c(F)cccc1Cl)N1CCN(c2ccc(-c3noc(C4CC4)n3)cc2)CC1. The van der Waals surface area contributed by atoms with Crippen LogP contribution in [0.5, 0.6) is 0 Å². The Balaban J connectivity index is 1.18. The van der Waals surface area contributed by atoms with Crippen molar-refractivity contribution in [3.05, 3.63) is 59.2 Å². The van der Waals surface area contributed by atoms with Crippen molar-refractivity contribution >= 4 is 29.0 Å². The van der Waals surface area contributed by atoms with Crippen molar-refractivity contribution in [2.45, 2.75) is 18.8 Å². The minimum Gasteiger partial charge on any atom is -0.368 e. The minimum atomic E-state index is -0.551. The van der Waals surface area contributed by atoms with E-state index < -0.39 is 5.82 Å². The number of benzene rings is 2. The highest BCUT2D eigenvalue weighted by molar-refractivity contribution is 6.33. The molecule has 0 spiro atoms. The maximum absolute atomic E-state index is 13.9. The number of halogens is 2. The fourth-order valence-corrected chi connectivity index (χ4v) is 3.85. The summed E-state index contributed by atoms with van der Waals surface area (Å²) in [5, 5.41) is 6.84. The number of amides is 2. The van der Waals surface area contributed by atoms with Gasteiger partial charge in [0.05, 0.1) is 10.7 Å². The molecule has 2 aromatic carbocycles. The molecule has 1 saturated heterocycles. The van der Waals surface area contributed by atoms with Gasteiger partial charge in [-0.15, -0.1) is 0 Å². The maximum Gasteiger partial charge on any atom is 0.322 e. The van der Waals surface area contributed by atoms with Gasteiger partial charge in [-0.05, 0) is 49.2 Å². The van der Waals surface area contributed by atoms with Gasteiger partial charge in [0.2, 0.25) is 11.7 Å². The maximum atomic E-state index is 13.9. The van der Waals surface area contributed by atoms with Crippen LogP contribution in [0.15, 0.2) is 47.0 Å². The molecular formula is C22H21ClFN5O2. The Kier molecular flexibility index (Phi) is 5.23. The van der Waals surface area contributed by atoms with Crippen LogP contribution in [0.25, 0.3) is 11.4 Å². The third kappa shape index (κ3) is 4.20. The van der Waals surface area contributed by atoms with Gasteiger partial charge in [0.25, 0.3) is 0 Å². The molecule has 1 aliphatic carbocycles. The lowest BCUT2D eigenvalue weighted by Gasteiger charge is -2.36. The zero-order chi connectivity index (χ0) is 21.4. The smallest absolute Gasteiger partial charge is 0.322 e. The molecule has 0 atom stereocenters. The molecule has 1 saturated carbocycles. The number of hydrogen-bond donors (Lipinski definition) is 1. The van der Waals surface area contributed by atoms with Crippen LogP contribution in [0.3, 0.4) is 0 Å². The van der Waals surface area contributed by atoms with E-state index in [2.05, 4.69) is 20.4 Å². The zero-order valence-electron chi connectivity index (χ0n) is 16.7. The van der Waals surface area contributed by atoms with E-state index in [0.717, 1.165) is 30.0 Å². The Morgan fingerprint density at radius 1 is 1.10 bits per heavy atom. The summed E-state index contributed by atoms with van der Waals surface area (Å²) in [6.07, 6.45) is 2.25. The first kappa shape index (κ1) is 19.8. The van der Waals surface area contributed by atoms with Crippen LogP contribution in [0, 0.1) is 5.82 Å². The monoisotopic (exact) mass is 441 g/mol. The number of urea groups is 1. The van der Waals surface area contributed by atoms with Crippen molar-refractivity contribution in [1.29, 1.82) is 0 Å². The summed E-state index contributed by atoms with van der Waals surface area (Å²) in [7, 11) is 0. The Labute approximate surface area is 183 Å². The van der Waals surface area contributed by atoms with Gasteiger partial charge in [0, 0.05) is 43.3 Å². The van der Waals surface area contributed by atoms with Crippen LogP contribution in [0.2, 0.25) is 5.02 Å². The first-order valence-corrected chi connectivity index (χ1v) is 10.7. The van der Waals surface area contributed by atoms with Gasteiger partial charge >= 0.3 is 6.03 Å². The number of carbonyl (C=O) groups is 1. The Bertz CT molecular complexity index is 1070. The van der Waals surface area contributed by atoms with Gasteiger partial charge in [-0.25, -0.2) is 9.18 Å². The molecule has 3 aromatic rings. The molecule has 0 bridgehead atoms. The molecule has 0 unspecified atom stereocenters. The van der Waals surface area contributed by atoms with E-state index in [0.29, 0.717) is 37.9 Å². The third-order valence-corrected chi connectivity index (χ3v) is 5.94. The number of nitrogens with one attached hydrogen (secondary N) is 1. The summed E-state index contributed by atoms with van der Waals surface area (Å²) >= 11 is 6.00. The van der Waals surface area contributed by atoms with Crippen LogP contribution in [0.1, 0.15) is 24.7 Å². The molecule has 9 heteroatoms. The molecule has 160 valence electrons. The van der Waals surface area contributed by atoms with Crippen molar-refractivity contribution in [2.75, 3.05) is 36.4 Å². The van der Waals surface area contributed by atoms with E-state index in [-0.39, 0.29) is 16.7 Å². The van der Waals surface area contributed by atoms with E-state index in [1.54, 1.807) is 11.0 Å². The summed E-state index contributed by atoms with van der Waals surface area (Å²) in [6.45, 7) is 2.39. The Hall–Kier alpha value is -3.13. The number of carbonyl (C=O) groups excluding carboxylic acids is 1. The molecule has 1 N–H and O–H groups in total. The van der Waals surface area contributed by atoms with Crippen LogP contribution in [-0.4, -0.2) is 47.3 Å². The number of para-hydroxylation sites is 1. The molecule has 2 amide bonds. The van der Waals surface area contributed by atoms with Crippen molar-refractivity contribution in [3.63, 3.8) is 0 Å². The standard InChI is InChI=1S/C22H21ClFN5O2/c23-17-2-1-3-18(24)19(17)25-22(30)29-12-10-28(11-13-29)16-8-6-14(7-9-16)20-26-21(31-27-20)15-4-5-15/h1-3,6-9,15H,4-5,10-13H2,(H,25,30). The number of piperazine rings is 1. The molecule has 7 nitrogen and oxygen atoms in total. The van der Waals surface area contributed by atoms with Gasteiger partial charge in [0.1, 0.15) is 5.82 Å². The van der Waals surface area contributed by atoms with Crippen molar-refractivity contribution < 1.29 is 13.7 Å². The first-order chi connectivity index (χ1) is 15.1. The third-order valence-electron chi connectivity index (χ3n) is 5.62. The lowest BCUT2D eigenvalue weighted by atomic mass is 10.1. The quantitative estimate of drug-likeness (QED) is 0.631. The summed E-state index contributed by atoms with van der Waals surface area (Å²) in [6, 6.07) is 12.0. The van der Waals surface area contributed by atoms with Crippen molar-refractivity contribution in [3.8, 4) is 11.4 Å². The predicted octanol–water partition coefficient (Wildman–Crippen LogP) is 4.76. The molecule has 5 rings (SSSR count). The van der Waals surface area contributed by atoms with Crippen LogP contribution in [0.4, 0.5) is 20.6 Å². The fourth-order valence-electron chi connectivity index (χ4n) is 3.64. The van der Waals surface area contributed by atoms with Crippen LogP contribution < -0.4 is 10.2 Å². The number of aromatic nitrogens is 2. The lowest BCUT2D eigenvalue weighted by molar-refractivity contribution is 0.208. The number of nitrogens with zero attached hydrogens (tertiary/aromatic N) is 4. The van der Waals surface area contributed by atoms with Crippen molar-refractivity contribution in [2.24, 2.45) is 0 Å². The molecule has 1 aliphatic heterocycles. The minimum absolute atomic E-state index is 0.0125. The summed E-state index contributed by atoms with van der Waals surface area (Å²) in [5.74, 6) is 1.22. The highest BCUT2D eigenvalue weighted by Gasteiger charge is 2.30. The second-order valence-corrected chi connectivity index (χ2v) is 8.19. The highest BCUT2D eigenvalue weighted by Crippen LogP contribution is 2.39. The average molecular weight is 442 g/mol. The average Bonchev–Trinajstić information content (AvgIpc) is 3.53. The molecular weight excluding hydrogens is 421 g/mol. The predicted molar refractivity (Wildman–Crippen MR) is 116 cm³/mol. The molecule has 31 heavy (non-hydrogen) atoms. The molecule has 2 aliphatic rings. The van der Waals surface area contributed by atoms with E-state index >= 15 is 0 Å². The molecule has 2 heterocycles. The molecule has 1 aromatic heterocycles. The van der Waals surface area contributed by atoms with Crippen LogP contribution >= 0.6 is 11.6 Å². The van der Waals surface area contributed by atoms with Gasteiger partial charge < -0.3 is 19.6 Å². The summed E-state index contributed by atoms with van der Waals surface area (Å²) in [4.78, 5) is 20.9. The number of hydrogen-bond acceptors (Lipinski definition) is 5. The highest BCUT2D eigenvalue weighted by atomic mass is 35.5. The lowest BCUT2D eigenvalue weighted by Crippen LogP contribution is -2.50. The molecule has 0 radical (unpaired) electrons. The second kappa shape index (κ2) is 8.19. The first-order valence-electron chi connectivity index (χ1n) is 10.3. The number of rotatable bonds is 4. The second-order valence-electron chi connectivity index (χ2n) is 7.78. The van der Waals surface area contributed by atoms with E-state index in [1.807, 2.05) is 24.3 Å². The van der Waals surface area contributed by atoms with Gasteiger partial charge in [0.15, 0.2) is 0 Å². The topological polar surface area (TPSA) is 74.5 Å². The largest absolute Gasteiger partial charge is 0.368 e. The number of anilines is 2.